The summed E-state index contributed by atoms with van der Waals surface area (Å²) in [5.74, 6) is 1.55. The molecule has 0 rings (SSSR count). The van der Waals surface area contributed by atoms with Crippen LogP contribution in [-0.4, -0.2) is 12.4 Å². The van der Waals surface area contributed by atoms with Crippen LogP contribution >= 0.6 is 11.6 Å². The van der Waals surface area contributed by atoms with E-state index in [-0.39, 0.29) is 0 Å². The normalized spacial score (nSPS) is 16.3. The van der Waals surface area contributed by atoms with Crippen LogP contribution in [0, 0.1) is 16.7 Å². The van der Waals surface area contributed by atoms with Crippen LogP contribution in [0.1, 0.15) is 20.3 Å². The van der Waals surface area contributed by atoms with Crippen molar-refractivity contribution >= 4 is 11.6 Å². The third kappa shape index (κ3) is 4.74. The first kappa shape index (κ1) is 9.89. The Morgan fingerprint density at radius 3 is 2.40 bits per heavy atom. The van der Waals surface area contributed by atoms with Gasteiger partial charge in [0.2, 0.25) is 0 Å². The quantitative estimate of drug-likeness (QED) is 0.453. The summed E-state index contributed by atoms with van der Waals surface area (Å²) in [7, 11) is 0. The first-order valence-corrected chi connectivity index (χ1v) is 4.09. The molecule has 0 aromatic heterocycles. The summed E-state index contributed by atoms with van der Waals surface area (Å²) in [6, 6.07) is 0. The van der Waals surface area contributed by atoms with E-state index in [9.17, 15) is 4.91 Å². The van der Waals surface area contributed by atoms with Crippen molar-refractivity contribution in [3.05, 3.63) is 4.91 Å². The lowest BCUT2D eigenvalue weighted by Crippen LogP contribution is -2.06. The largest absolute Gasteiger partial charge is 0.151 e. The molecule has 2 unspecified atom stereocenters. The van der Waals surface area contributed by atoms with Crippen molar-refractivity contribution in [3.8, 4) is 0 Å². The van der Waals surface area contributed by atoms with E-state index in [0.29, 0.717) is 24.3 Å². The summed E-state index contributed by atoms with van der Waals surface area (Å²) >= 11 is 5.59. The predicted octanol–water partition coefficient (Wildman–Crippen LogP) is 2.65. The second-order valence-electron chi connectivity index (χ2n) is 2.91. The van der Waals surface area contributed by atoms with Crippen molar-refractivity contribution in [2.75, 3.05) is 12.4 Å². The Kier molecular flexibility index (Phi) is 5.60. The summed E-state index contributed by atoms with van der Waals surface area (Å²) in [4.78, 5) is 9.80. The maximum absolute atomic E-state index is 9.80. The highest BCUT2D eigenvalue weighted by Crippen LogP contribution is 2.12. The van der Waals surface area contributed by atoms with E-state index in [1.807, 2.05) is 6.92 Å². The molecule has 0 amide bonds. The zero-order valence-electron chi connectivity index (χ0n) is 6.51. The van der Waals surface area contributed by atoms with Gasteiger partial charge in [-0.3, -0.25) is 0 Å². The molecular formula is C7H14ClNO. The maximum Gasteiger partial charge on any atom is 0.0836 e. The van der Waals surface area contributed by atoms with Crippen molar-refractivity contribution in [1.29, 1.82) is 0 Å². The van der Waals surface area contributed by atoms with E-state index in [1.165, 1.54) is 0 Å². The number of hydrogen-bond acceptors (Lipinski definition) is 2. The standard InChI is InChI=1S/C7H14ClNO/c1-6(4-8)3-7(2)5-9-10/h6-7H,3-5H2,1-2H3. The molecule has 3 heteroatoms. The molecule has 0 aliphatic heterocycles. The van der Waals surface area contributed by atoms with Gasteiger partial charge in [-0.1, -0.05) is 19.0 Å². The van der Waals surface area contributed by atoms with Crippen molar-refractivity contribution in [3.63, 3.8) is 0 Å². The zero-order valence-corrected chi connectivity index (χ0v) is 7.27. The van der Waals surface area contributed by atoms with Gasteiger partial charge >= 0.3 is 0 Å². The first-order chi connectivity index (χ1) is 4.70. The fraction of sp³-hybridized carbons (Fsp3) is 1.00. The number of nitrogens with zero attached hydrogens (tertiary/aromatic N) is 1. The third-order valence-corrected chi connectivity index (χ3v) is 1.98. The molecule has 2 nitrogen and oxygen atoms in total. The fourth-order valence-electron chi connectivity index (χ4n) is 0.952. The van der Waals surface area contributed by atoms with E-state index in [1.54, 1.807) is 0 Å². The van der Waals surface area contributed by atoms with E-state index < -0.39 is 0 Å². The van der Waals surface area contributed by atoms with Crippen LogP contribution < -0.4 is 0 Å². The molecule has 0 aromatic rings. The zero-order chi connectivity index (χ0) is 7.98. The van der Waals surface area contributed by atoms with Gasteiger partial charge in [-0.25, -0.2) is 0 Å². The summed E-state index contributed by atoms with van der Waals surface area (Å²) in [5.41, 5.74) is 0. The summed E-state index contributed by atoms with van der Waals surface area (Å²) in [5, 5.41) is 2.83. The monoisotopic (exact) mass is 163 g/mol. The van der Waals surface area contributed by atoms with Gasteiger partial charge in [-0.05, 0) is 18.3 Å². The molecule has 0 saturated carbocycles. The molecule has 0 fully saturated rings. The van der Waals surface area contributed by atoms with Gasteiger partial charge in [0, 0.05) is 5.88 Å². The second kappa shape index (κ2) is 5.66. The van der Waals surface area contributed by atoms with Crippen molar-refractivity contribution in [2.24, 2.45) is 17.0 Å². The average Bonchev–Trinajstić information content (AvgIpc) is 1.88. The molecule has 0 N–H and O–H groups in total. The van der Waals surface area contributed by atoms with Crippen LogP contribution in [0.2, 0.25) is 0 Å². The Bertz CT molecular complexity index is 97.6. The molecule has 10 heavy (non-hydrogen) atoms. The van der Waals surface area contributed by atoms with Gasteiger partial charge in [0.15, 0.2) is 0 Å². The number of hydrogen-bond donors (Lipinski definition) is 0. The molecule has 0 spiro atoms. The average molecular weight is 164 g/mol. The predicted molar refractivity (Wildman–Crippen MR) is 44.3 cm³/mol. The lowest BCUT2D eigenvalue weighted by atomic mass is 9.99. The minimum absolute atomic E-state index is 0.381. The lowest BCUT2D eigenvalue weighted by Gasteiger charge is -2.10. The molecule has 0 saturated heterocycles. The molecule has 2 atom stereocenters. The second-order valence-corrected chi connectivity index (χ2v) is 3.22. The van der Waals surface area contributed by atoms with Gasteiger partial charge in [0.05, 0.1) is 6.54 Å². The van der Waals surface area contributed by atoms with E-state index in [2.05, 4.69) is 12.1 Å². The van der Waals surface area contributed by atoms with Crippen LogP contribution in [0.15, 0.2) is 5.18 Å². The van der Waals surface area contributed by atoms with E-state index >= 15 is 0 Å². The molecule has 0 aliphatic carbocycles. The summed E-state index contributed by atoms with van der Waals surface area (Å²) in [6.45, 7) is 4.51. The van der Waals surface area contributed by atoms with Gasteiger partial charge in [0.1, 0.15) is 0 Å². The van der Waals surface area contributed by atoms with Gasteiger partial charge in [-0.2, -0.15) is 4.91 Å². The van der Waals surface area contributed by atoms with Crippen molar-refractivity contribution < 1.29 is 0 Å². The third-order valence-electron chi connectivity index (χ3n) is 1.45. The molecule has 0 radical (unpaired) electrons. The van der Waals surface area contributed by atoms with Gasteiger partial charge in [-0.15, -0.1) is 11.6 Å². The molecule has 0 bridgehead atoms. The van der Waals surface area contributed by atoms with Crippen LogP contribution in [0.3, 0.4) is 0 Å². The first-order valence-electron chi connectivity index (χ1n) is 3.55. The number of rotatable bonds is 5. The summed E-state index contributed by atoms with van der Waals surface area (Å²) in [6.07, 6.45) is 0.995. The Balaban J connectivity index is 3.35. The molecule has 60 valence electrons. The molecular weight excluding hydrogens is 150 g/mol. The minimum Gasteiger partial charge on any atom is -0.151 e. The van der Waals surface area contributed by atoms with Gasteiger partial charge in [0.25, 0.3) is 0 Å². The molecule has 0 aromatic carbocycles. The van der Waals surface area contributed by atoms with E-state index in [0.717, 1.165) is 6.42 Å². The Morgan fingerprint density at radius 2 is 2.00 bits per heavy atom. The van der Waals surface area contributed by atoms with Crippen LogP contribution in [-0.2, 0) is 0 Å². The Hall–Kier alpha value is -0.110. The van der Waals surface area contributed by atoms with Crippen LogP contribution in [0.5, 0.6) is 0 Å². The smallest absolute Gasteiger partial charge is 0.0836 e. The number of alkyl halides is 1. The SMILES string of the molecule is CC(CCl)CC(C)CN=O. The number of halogens is 1. The highest BCUT2D eigenvalue weighted by atomic mass is 35.5. The maximum atomic E-state index is 9.80. The summed E-state index contributed by atoms with van der Waals surface area (Å²) < 4.78 is 0. The van der Waals surface area contributed by atoms with Crippen molar-refractivity contribution in [1.82, 2.24) is 0 Å². The fourth-order valence-corrected chi connectivity index (χ4v) is 1.08. The van der Waals surface area contributed by atoms with E-state index in [4.69, 9.17) is 11.6 Å². The topological polar surface area (TPSA) is 29.4 Å². The highest BCUT2D eigenvalue weighted by Gasteiger charge is 2.06. The lowest BCUT2D eigenvalue weighted by molar-refractivity contribution is 0.450. The molecule has 0 aliphatic rings. The van der Waals surface area contributed by atoms with Crippen molar-refractivity contribution in [2.45, 2.75) is 20.3 Å². The highest BCUT2D eigenvalue weighted by molar-refractivity contribution is 6.18. The van der Waals surface area contributed by atoms with Crippen LogP contribution in [0.4, 0.5) is 0 Å². The molecule has 0 heterocycles. The number of nitroso groups, excluding NO2 is 1. The van der Waals surface area contributed by atoms with Crippen LogP contribution in [0.25, 0.3) is 0 Å². The minimum atomic E-state index is 0.381. The van der Waals surface area contributed by atoms with Gasteiger partial charge < -0.3 is 0 Å². The Morgan fingerprint density at radius 1 is 1.40 bits per heavy atom. The Labute approximate surface area is 66.9 Å².